The molecule has 0 aromatic carbocycles. The summed E-state index contributed by atoms with van der Waals surface area (Å²) in [7, 11) is 0. The number of hydrogen-bond acceptors (Lipinski definition) is 7. The van der Waals surface area contributed by atoms with Gasteiger partial charge in [-0.2, -0.15) is 0 Å². The molecule has 0 bridgehead atoms. The number of esters is 2. The molecule has 0 unspecified atom stereocenters. The lowest BCUT2D eigenvalue weighted by Crippen LogP contribution is -2.24. The van der Waals surface area contributed by atoms with Crippen LogP contribution in [0.25, 0.3) is 0 Å². The molecule has 1 amide bonds. The molecular formula is C27H43NO7. The van der Waals surface area contributed by atoms with Gasteiger partial charge in [0.1, 0.15) is 6.10 Å². The van der Waals surface area contributed by atoms with Gasteiger partial charge in [-0.05, 0) is 76.2 Å². The largest absolute Gasteiger partial charge is 0.462 e. The maximum Gasteiger partial charge on any atom is 0.330 e. The van der Waals surface area contributed by atoms with Crippen molar-refractivity contribution in [1.82, 2.24) is 5.32 Å². The summed E-state index contributed by atoms with van der Waals surface area (Å²) in [5, 5.41) is 22.3. The van der Waals surface area contributed by atoms with E-state index < -0.39 is 12.1 Å². The van der Waals surface area contributed by atoms with Gasteiger partial charge in [0.2, 0.25) is 5.91 Å². The second-order valence-corrected chi connectivity index (χ2v) is 9.71. The predicted molar refractivity (Wildman–Crippen MR) is 132 cm³/mol. The molecule has 3 N–H and O–H groups in total. The molecule has 2 rings (SSSR count). The van der Waals surface area contributed by atoms with Crippen molar-refractivity contribution in [2.75, 3.05) is 13.2 Å². The second kappa shape index (κ2) is 16.5. The van der Waals surface area contributed by atoms with E-state index in [1.54, 1.807) is 0 Å². The third-order valence-electron chi connectivity index (χ3n) is 6.66. The van der Waals surface area contributed by atoms with Crippen LogP contribution in [0.15, 0.2) is 24.3 Å². The number of aliphatic hydroxyl groups is 2. The summed E-state index contributed by atoms with van der Waals surface area (Å²) >= 11 is 0. The highest BCUT2D eigenvalue weighted by molar-refractivity contribution is 5.82. The standard InChI is InChI=1S/C27H43NO7/c1-20-10-5-4-6-11-21-18-22(19-23(21)24(30)14-15-27(33)34-20)35-26(32)13-9-12-25(31)28-16-7-2-3-8-17-29/h6,11,14-15,20-24,29-30H,2-5,7-10,12-13,16-19H2,1H3,(H,28,31)/b11-6+,15-14+/t20-,21+,22-,23+,24+/m0/s1. The molecule has 1 aliphatic heterocycles. The number of unbranched alkanes of at least 4 members (excludes halogenated alkanes) is 3. The van der Waals surface area contributed by atoms with E-state index in [0.29, 0.717) is 25.8 Å². The summed E-state index contributed by atoms with van der Waals surface area (Å²) in [5.41, 5.74) is 0. The Morgan fingerprint density at radius 2 is 1.91 bits per heavy atom. The molecule has 1 aliphatic carbocycles. The fraction of sp³-hybridized carbons (Fsp3) is 0.741. The van der Waals surface area contributed by atoms with Crippen molar-refractivity contribution in [3.63, 3.8) is 0 Å². The van der Waals surface area contributed by atoms with Crippen LogP contribution in [0.4, 0.5) is 0 Å². The lowest BCUT2D eigenvalue weighted by Gasteiger charge is -2.19. The monoisotopic (exact) mass is 493 g/mol. The number of carbonyl (C=O) groups excluding carboxylic acids is 3. The molecule has 2 aliphatic rings. The van der Waals surface area contributed by atoms with Crippen molar-refractivity contribution in [1.29, 1.82) is 0 Å². The molecule has 1 fully saturated rings. The molecule has 8 heteroatoms. The molecule has 0 spiro atoms. The highest BCUT2D eigenvalue weighted by atomic mass is 16.5. The lowest BCUT2D eigenvalue weighted by molar-refractivity contribution is -0.149. The molecule has 0 aromatic heterocycles. The van der Waals surface area contributed by atoms with E-state index >= 15 is 0 Å². The Bertz CT molecular complexity index is 720. The Balaban J connectivity index is 1.75. The van der Waals surface area contributed by atoms with Gasteiger partial charge in [0, 0.05) is 32.1 Å². The number of allylic oxidation sites excluding steroid dienone is 2. The third kappa shape index (κ3) is 11.9. The number of amides is 1. The van der Waals surface area contributed by atoms with Crippen LogP contribution in [0, 0.1) is 11.8 Å². The van der Waals surface area contributed by atoms with Crippen LogP contribution < -0.4 is 5.32 Å². The van der Waals surface area contributed by atoms with Crippen molar-refractivity contribution in [2.45, 2.75) is 102 Å². The molecule has 0 radical (unpaired) electrons. The quantitative estimate of drug-likeness (QED) is 0.229. The van der Waals surface area contributed by atoms with Gasteiger partial charge in [0.15, 0.2) is 0 Å². The SMILES string of the molecule is C[C@H]1CCC/C=C/[C@@H]2C[C@H](OC(=O)CCCC(=O)NCCCCCCO)C[C@H]2[C@H](O)/C=C/C(=O)O1. The normalized spacial score (nSPS) is 29.0. The van der Waals surface area contributed by atoms with E-state index in [9.17, 15) is 19.5 Å². The first-order valence-corrected chi connectivity index (χ1v) is 13.2. The minimum absolute atomic E-state index is 0.0600. The van der Waals surface area contributed by atoms with Gasteiger partial charge < -0.3 is 25.0 Å². The Morgan fingerprint density at radius 3 is 2.71 bits per heavy atom. The zero-order chi connectivity index (χ0) is 25.5. The number of nitrogens with one attached hydrogen (secondary N) is 1. The van der Waals surface area contributed by atoms with Gasteiger partial charge in [0.05, 0.1) is 12.2 Å². The van der Waals surface area contributed by atoms with E-state index in [-0.39, 0.29) is 55.4 Å². The fourth-order valence-electron chi connectivity index (χ4n) is 4.72. The summed E-state index contributed by atoms with van der Waals surface area (Å²) in [5.74, 6) is -0.930. The molecule has 1 heterocycles. The van der Waals surface area contributed by atoms with E-state index in [1.165, 1.54) is 12.2 Å². The molecule has 0 saturated heterocycles. The van der Waals surface area contributed by atoms with Gasteiger partial charge in [-0.25, -0.2) is 4.79 Å². The third-order valence-corrected chi connectivity index (χ3v) is 6.66. The van der Waals surface area contributed by atoms with Gasteiger partial charge in [-0.3, -0.25) is 9.59 Å². The minimum Gasteiger partial charge on any atom is -0.462 e. The summed E-state index contributed by atoms with van der Waals surface area (Å²) < 4.78 is 11.0. The van der Waals surface area contributed by atoms with Crippen LogP contribution in [-0.4, -0.2) is 59.5 Å². The van der Waals surface area contributed by atoms with Crippen LogP contribution in [0.1, 0.15) is 84.0 Å². The summed E-state index contributed by atoms with van der Waals surface area (Å²) in [6.07, 6.45) is 13.9. The molecule has 1 saturated carbocycles. The zero-order valence-electron chi connectivity index (χ0n) is 21.0. The van der Waals surface area contributed by atoms with Crippen molar-refractivity contribution >= 4 is 17.8 Å². The molecule has 198 valence electrons. The number of cyclic esters (lactones) is 1. The first-order chi connectivity index (χ1) is 16.9. The average Bonchev–Trinajstić information content (AvgIpc) is 3.21. The van der Waals surface area contributed by atoms with E-state index in [0.717, 1.165) is 44.9 Å². The van der Waals surface area contributed by atoms with Crippen molar-refractivity contribution < 1.29 is 34.1 Å². The molecule has 35 heavy (non-hydrogen) atoms. The highest BCUT2D eigenvalue weighted by Crippen LogP contribution is 2.38. The van der Waals surface area contributed by atoms with Crippen molar-refractivity contribution in [3.8, 4) is 0 Å². The fourth-order valence-corrected chi connectivity index (χ4v) is 4.72. The van der Waals surface area contributed by atoms with Crippen LogP contribution >= 0.6 is 0 Å². The Kier molecular flexibility index (Phi) is 13.7. The molecular weight excluding hydrogens is 450 g/mol. The van der Waals surface area contributed by atoms with Crippen LogP contribution in [0.2, 0.25) is 0 Å². The zero-order valence-corrected chi connectivity index (χ0v) is 21.0. The number of rotatable bonds is 11. The number of fused-ring (bicyclic) bond motifs is 1. The van der Waals surface area contributed by atoms with Gasteiger partial charge >= 0.3 is 11.9 Å². The van der Waals surface area contributed by atoms with Gasteiger partial charge in [0.25, 0.3) is 0 Å². The first kappa shape index (κ1) is 29.0. The summed E-state index contributed by atoms with van der Waals surface area (Å²) in [6.45, 7) is 2.68. The van der Waals surface area contributed by atoms with E-state index in [2.05, 4.69) is 17.5 Å². The minimum atomic E-state index is -0.829. The second-order valence-electron chi connectivity index (χ2n) is 9.71. The number of carbonyl (C=O) groups is 3. The van der Waals surface area contributed by atoms with Gasteiger partial charge in [-0.15, -0.1) is 0 Å². The van der Waals surface area contributed by atoms with Gasteiger partial charge in [-0.1, -0.05) is 25.0 Å². The highest BCUT2D eigenvalue weighted by Gasteiger charge is 2.38. The number of ether oxygens (including phenoxy) is 2. The van der Waals surface area contributed by atoms with Crippen LogP contribution in [0.3, 0.4) is 0 Å². The molecule has 5 atom stereocenters. The maximum absolute atomic E-state index is 12.3. The van der Waals surface area contributed by atoms with Crippen molar-refractivity contribution in [3.05, 3.63) is 24.3 Å². The smallest absolute Gasteiger partial charge is 0.330 e. The molecule has 0 aromatic rings. The predicted octanol–water partition coefficient (Wildman–Crippen LogP) is 3.35. The van der Waals surface area contributed by atoms with E-state index in [4.69, 9.17) is 14.6 Å². The number of hydrogen-bond donors (Lipinski definition) is 3. The Hall–Kier alpha value is -2.19. The average molecular weight is 494 g/mol. The van der Waals surface area contributed by atoms with Crippen LogP contribution in [-0.2, 0) is 23.9 Å². The van der Waals surface area contributed by atoms with Crippen LogP contribution in [0.5, 0.6) is 0 Å². The topological polar surface area (TPSA) is 122 Å². The molecule has 8 nitrogen and oxygen atoms in total. The maximum atomic E-state index is 12.3. The number of aliphatic hydroxyl groups excluding tert-OH is 2. The Morgan fingerprint density at radius 1 is 1.11 bits per heavy atom. The van der Waals surface area contributed by atoms with E-state index in [1.807, 2.05) is 6.92 Å². The lowest BCUT2D eigenvalue weighted by atomic mass is 9.90. The summed E-state index contributed by atoms with van der Waals surface area (Å²) in [6, 6.07) is 0. The summed E-state index contributed by atoms with van der Waals surface area (Å²) in [4.78, 5) is 36.2. The van der Waals surface area contributed by atoms with Crippen molar-refractivity contribution in [2.24, 2.45) is 11.8 Å². The Labute approximate surface area is 209 Å². The first-order valence-electron chi connectivity index (χ1n) is 13.2.